The average Bonchev–Trinajstić information content (AvgIpc) is 2.64. The Balaban J connectivity index is 2.25. The first-order chi connectivity index (χ1) is 8.46. The van der Waals surface area contributed by atoms with Crippen molar-refractivity contribution in [3.63, 3.8) is 0 Å². The summed E-state index contributed by atoms with van der Waals surface area (Å²) >= 11 is 1.85. The molecule has 4 heteroatoms. The summed E-state index contributed by atoms with van der Waals surface area (Å²) in [6.07, 6.45) is 2.43. The first kappa shape index (κ1) is 15.8. The van der Waals surface area contributed by atoms with Crippen LogP contribution in [0.25, 0.3) is 0 Å². The first-order valence-corrected chi connectivity index (χ1v) is 8.16. The van der Waals surface area contributed by atoms with Crippen LogP contribution in [0.1, 0.15) is 47.5 Å². The molecule has 0 amide bonds. The van der Waals surface area contributed by atoms with Crippen LogP contribution in [0.2, 0.25) is 0 Å². The molecule has 3 nitrogen and oxygen atoms in total. The number of amidine groups is 1. The number of hydrogen-bond donors (Lipinski definition) is 1. The maximum absolute atomic E-state index is 4.77. The van der Waals surface area contributed by atoms with Crippen LogP contribution in [0.15, 0.2) is 4.99 Å². The van der Waals surface area contributed by atoms with E-state index in [2.05, 4.69) is 44.8 Å². The van der Waals surface area contributed by atoms with Crippen molar-refractivity contribution < 1.29 is 0 Å². The molecule has 0 aromatic rings. The Morgan fingerprint density at radius 3 is 2.56 bits per heavy atom. The highest BCUT2D eigenvalue weighted by Crippen LogP contribution is 2.22. The van der Waals surface area contributed by atoms with E-state index in [4.69, 9.17) is 4.99 Å². The quantitative estimate of drug-likeness (QED) is 0.771. The molecule has 1 aliphatic rings. The van der Waals surface area contributed by atoms with Gasteiger partial charge in [-0.3, -0.25) is 4.99 Å². The fourth-order valence-corrected chi connectivity index (χ4v) is 3.27. The molecule has 1 saturated heterocycles. The summed E-state index contributed by atoms with van der Waals surface area (Å²) in [7, 11) is 0. The lowest BCUT2D eigenvalue weighted by Gasteiger charge is -2.19. The van der Waals surface area contributed by atoms with Gasteiger partial charge in [0.2, 0.25) is 0 Å². The molecule has 1 aliphatic heterocycles. The van der Waals surface area contributed by atoms with Gasteiger partial charge in [-0.2, -0.15) is 0 Å². The number of nitrogens with zero attached hydrogens (tertiary/aromatic N) is 2. The highest BCUT2D eigenvalue weighted by atomic mass is 32.2. The van der Waals surface area contributed by atoms with E-state index in [1.165, 1.54) is 19.4 Å². The maximum atomic E-state index is 4.77. The minimum atomic E-state index is 0.213. The summed E-state index contributed by atoms with van der Waals surface area (Å²) < 4.78 is 0. The summed E-state index contributed by atoms with van der Waals surface area (Å²) in [6.45, 7) is 14.7. The van der Waals surface area contributed by atoms with E-state index < -0.39 is 0 Å². The van der Waals surface area contributed by atoms with Crippen LogP contribution < -0.4 is 5.32 Å². The van der Waals surface area contributed by atoms with Gasteiger partial charge >= 0.3 is 0 Å². The number of thioether (sulfide) groups is 1. The largest absolute Gasteiger partial charge is 0.359 e. The van der Waals surface area contributed by atoms with Gasteiger partial charge in [-0.1, -0.05) is 25.6 Å². The predicted octanol–water partition coefficient (Wildman–Crippen LogP) is 2.97. The van der Waals surface area contributed by atoms with E-state index in [0.717, 1.165) is 24.0 Å². The summed E-state index contributed by atoms with van der Waals surface area (Å²) in [6, 6.07) is 0.435. The second kappa shape index (κ2) is 7.39. The van der Waals surface area contributed by atoms with E-state index in [1.54, 1.807) is 0 Å². The highest BCUT2D eigenvalue weighted by molar-refractivity contribution is 8.14. The molecule has 0 bridgehead atoms. The zero-order chi connectivity index (χ0) is 13.6. The lowest BCUT2D eigenvalue weighted by molar-refractivity contribution is 0.294. The SMILES string of the molecule is CCN(CC)CCCC(C)N=C1NC(C)(C)CS1. The van der Waals surface area contributed by atoms with Gasteiger partial charge in [0.15, 0.2) is 5.17 Å². The summed E-state index contributed by atoms with van der Waals surface area (Å²) in [5.41, 5.74) is 0.213. The molecule has 18 heavy (non-hydrogen) atoms. The lowest BCUT2D eigenvalue weighted by atomic mass is 10.1. The van der Waals surface area contributed by atoms with Crippen LogP contribution in [0.4, 0.5) is 0 Å². The normalized spacial score (nSPS) is 22.4. The Morgan fingerprint density at radius 1 is 1.39 bits per heavy atom. The van der Waals surface area contributed by atoms with Crippen molar-refractivity contribution in [2.75, 3.05) is 25.4 Å². The zero-order valence-electron chi connectivity index (χ0n) is 12.6. The molecule has 0 aliphatic carbocycles. The van der Waals surface area contributed by atoms with Crippen LogP contribution >= 0.6 is 11.8 Å². The second-order valence-corrected chi connectivity index (χ2v) is 6.71. The van der Waals surface area contributed by atoms with E-state index >= 15 is 0 Å². The molecule has 0 radical (unpaired) electrons. The topological polar surface area (TPSA) is 27.6 Å². The van der Waals surface area contributed by atoms with Crippen molar-refractivity contribution in [3.8, 4) is 0 Å². The molecule has 0 saturated carbocycles. The third-order valence-corrected chi connectivity index (χ3v) is 4.69. The molecule has 1 unspecified atom stereocenters. The fraction of sp³-hybridized carbons (Fsp3) is 0.929. The molecule has 1 N–H and O–H groups in total. The van der Waals surface area contributed by atoms with Gasteiger partial charge in [-0.05, 0) is 53.2 Å². The van der Waals surface area contributed by atoms with Gasteiger partial charge in [0, 0.05) is 11.3 Å². The van der Waals surface area contributed by atoms with Crippen molar-refractivity contribution in [2.24, 2.45) is 4.99 Å². The van der Waals surface area contributed by atoms with Gasteiger partial charge in [0.25, 0.3) is 0 Å². The number of hydrogen-bond acceptors (Lipinski definition) is 3. The van der Waals surface area contributed by atoms with E-state index in [9.17, 15) is 0 Å². The minimum absolute atomic E-state index is 0.213. The van der Waals surface area contributed by atoms with Crippen LogP contribution in [0.5, 0.6) is 0 Å². The Morgan fingerprint density at radius 2 is 2.06 bits per heavy atom. The van der Waals surface area contributed by atoms with Crippen LogP contribution in [0.3, 0.4) is 0 Å². The summed E-state index contributed by atoms with van der Waals surface area (Å²) in [5.74, 6) is 1.12. The van der Waals surface area contributed by atoms with Gasteiger partial charge < -0.3 is 10.2 Å². The van der Waals surface area contributed by atoms with E-state index in [0.29, 0.717) is 6.04 Å². The number of aliphatic imine (C=N–C) groups is 1. The van der Waals surface area contributed by atoms with Crippen molar-refractivity contribution >= 4 is 16.9 Å². The average molecular weight is 271 g/mol. The predicted molar refractivity (Wildman–Crippen MR) is 83.6 cm³/mol. The van der Waals surface area contributed by atoms with Crippen LogP contribution in [0, 0.1) is 0 Å². The van der Waals surface area contributed by atoms with Crippen molar-refractivity contribution in [2.45, 2.75) is 59.0 Å². The monoisotopic (exact) mass is 271 g/mol. The molecule has 1 fully saturated rings. The van der Waals surface area contributed by atoms with Gasteiger partial charge in [-0.25, -0.2) is 0 Å². The van der Waals surface area contributed by atoms with E-state index in [-0.39, 0.29) is 5.54 Å². The summed E-state index contributed by atoms with van der Waals surface area (Å²) in [4.78, 5) is 7.25. The third kappa shape index (κ3) is 5.61. The number of nitrogens with one attached hydrogen (secondary N) is 1. The van der Waals surface area contributed by atoms with Crippen molar-refractivity contribution in [3.05, 3.63) is 0 Å². The highest BCUT2D eigenvalue weighted by Gasteiger charge is 2.27. The molecule has 106 valence electrons. The van der Waals surface area contributed by atoms with Crippen LogP contribution in [-0.2, 0) is 0 Å². The van der Waals surface area contributed by atoms with Crippen molar-refractivity contribution in [1.29, 1.82) is 0 Å². The standard InChI is InChI=1S/C14H29N3S/c1-6-17(7-2)10-8-9-12(3)15-13-16-14(4,5)11-18-13/h12H,6-11H2,1-5H3,(H,15,16). The summed E-state index contributed by atoms with van der Waals surface area (Å²) in [5, 5.41) is 4.62. The molecular formula is C14H29N3S. The van der Waals surface area contributed by atoms with Crippen molar-refractivity contribution in [1.82, 2.24) is 10.2 Å². The lowest BCUT2D eigenvalue weighted by Crippen LogP contribution is -2.37. The molecule has 0 aromatic carbocycles. The molecule has 0 spiro atoms. The second-order valence-electron chi connectivity index (χ2n) is 5.75. The first-order valence-electron chi connectivity index (χ1n) is 7.18. The Hall–Kier alpha value is -0.220. The zero-order valence-corrected chi connectivity index (χ0v) is 13.4. The van der Waals surface area contributed by atoms with Gasteiger partial charge in [0.05, 0.1) is 6.04 Å². The number of rotatable bonds is 7. The minimum Gasteiger partial charge on any atom is -0.359 e. The molecule has 1 atom stereocenters. The molecule has 1 rings (SSSR count). The molecular weight excluding hydrogens is 242 g/mol. The van der Waals surface area contributed by atoms with Gasteiger partial charge in [-0.15, -0.1) is 0 Å². The van der Waals surface area contributed by atoms with Crippen LogP contribution in [-0.4, -0.2) is 47.0 Å². The molecule has 0 aromatic heterocycles. The third-order valence-electron chi connectivity index (χ3n) is 3.34. The fourth-order valence-electron chi connectivity index (χ4n) is 2.09. The Labute approximate surface area is 117 Å². The van der Waals surface area contributed by atoms with E-state index in [1.807, 2.05) is 11.8 Å². The van der Waals surface area contributed by atoms with Gasteiger partial charge in [0.1, 0.15) is 0 Å². The Kier molecular flexibility index (Phi) is 6.50. The smallest absolute Gasteiger partial charge is 0.157 e. The maximum Gasteiger partial charge on any atom is 0.157 e. The molecule has 1 heterocycles. The Bertz CT molecular complexity index is 272.